The van der Waals surface area contributed by atoms with Crippen LogP contribution < -0.4 is 20.7 Å². The molecule has 1 saturated carbocycles. The van der Waals surface area contributed by atoms with E-state index in [0.29, 0.717) is 6.54 Å². The van der Waals surface area contributed by atoms with Crippen LogP contribution in [0.4, 0.5) is 4.79 Å². The van der Waals surface area contributed by atoms with Gasteiger partial charge in [-0.15, -0.1) is 0 Å². The van der Waals surface area contributed by atoms with Gasteiger partial charge in [0.2, 0.25) is 5.91 Å². The van der Waals surface area contributed by atoms with Crippen molar-refractivity contribution in [2.75, 3.05) is 7.05 Å². The maximum atomic E-state index is 12.2. The Morgan fingerprint density at radius 2 is 1.68 bits per heavy atom. The highest BCUT2D eigenvalue weighted by molar-refractivity contribution is 5.78. The van der Waals surface area contributed by atoms with Gasteiger partial charge in [-0.3, -0.25) is 4.79 Å². The second-order valence-electron chi connectivity index (χ2n) is 7.05. The summed E-state index contributed by atoms with van der Waals surface area (Å²) in [7, 11) is 1.67. The number of hydrogen-bond donors (Lipinski definition) is 3. The molecule has 3 amide bonds. The number of para-hydroxylation sites is 1. The van der Waals surface area contributed by atoms with Crippen LogP contribution in [0.15, 0.2) is 54.6 Å². The molecule has 0 unspecified atom stereocenters. The van der Waals surface area contributed by atoms with Gasteiger partial charge in [0, 0.05) is 25.6 Å². The van der Waals surface area contributed by atoms with Gasteiger partial charge in [-0.25, -0.2) is 4.79 Å². The number of hydrogen-bond acceptors (Lipinski definition) is 3. The fraction of sp³-hybridized carbons (Fsp3) is 0.364. The van der Waals surface area contributed by atoms with Gasteiger partial charge in [0.05, 0.1) is 0 Å². The van der Waals surface area contributed by atoms with E-state index in [2.05, 4.69) is 16.0 Å². The third kappa shape index (κ3) is 5.74. The minimum Gasteiger partial charge on any atom is -0.457 e. The summed E-state index contributed by atoms with van der Waals surface area (Å²) in [6.45, 7) is 0.422. The van der Waals surface area contributed by atoms with Crippen LogP contribution in [-0.2, 0) is 11.3 Å². The molecule has 0 aromatic heterocycles. The SMILES string of the molecule is CNC(=O)C1CCC(NC(=O)NCc2cccc(Oc3ccccc3)c2)CC1. The molecular formula is C22H27N3O3. The summed E-state index contributed by atoms with van der Waals surface area (Å²) in [5, 5.41) is 8.61. The molecule has 3 N–H and O–H groups in total. The zero-order valence-corrected chi connectivity index (χ0v) is 16.1. The molecule has 1 aliphatic rings. The van der Waals surface area contributed by atoms with Crippen molar-refractivity contribution in [1.82, 2.24) is 16.0 Å². The molecule has 1 fully saturated rings. The second kappa shape index (κ2) is 9.78. The lowest BCUT2D eigenvalue weighted by Gasteiger charge is -2.28. The van der Waals surface area contributed by atoms with E-state index in [0.717, 1.165) is 42.7 Å². The molecule has 28 heavy (non-hydrogen) atoms. The molecule has 148 valence electrons. The number of nitrogens with one attached hydrogen (secondary N) is 3. The molecule has 6 nitrogen and oxygen atoms in total. The summed E-state index contributed by atoms with van der Waals surface area (Å²) < 4.78 is 5.82. The highest BCUT2D eigenvalue weighted by Gasteiger charge is 2.26. The lowest BCUT2D eigenvalue weighted by molar-refractivity contribution is -0.125. The van der Waals surface area contributed by atoms with Gasteiger partial charge in [0.1, 0.15) is 11.5 Å². The molecule has 0 heterocycles. The summed E-state index contributed by atoms with van der Waals surface area (Å²) in [4.78, 5) is 23.9. The Kier molecular flexibility index (Phi) is 6.89. The third-order valence-corrected chi connectivity index (χ3v) is 5.01. The Hall–Kier alpha value is -3.02. The maximum Gasteiger partial charge on any atom is 0.315 e. The van der Waals surface area contributed by atoms with Crippen molar-refractivity contribution in [2.24, 2.45) is 5.92 Å². The van der Waals surface area contributed by atoms with Crippen molar-refractivity contribution in [3.05, 3.63) is 60.2 Å². The molecule has 2 aromatic rings. The Morgan fingerprint density at radius 3 is 2.39 bits per heavy atom. The largest absolute Gasteiger partial charge is 0.457 e. The highest BCUT2D eigenvalue weighted by atomic mass is 16.5. The number of carbonyl (C=O) groups excluding carboxylic acids is 2. The average Bonchev–Trinajstić information content (AvgIpc) is 2.73. The number of amides is 3. The first-order valence-electron chi connectivity index (χ1n) is 9.72. The molecule has 0 saturated heterocycles. The van der Waals surface area contributed by atoms with E-state index in [1.54, 1.807) is 7.05 Å². The number of ether oxygens (including phenoxy) is 1. The molecule has 6 heteroatoms. The molecule has 2 aromatic carbocycles. The molecule has 0 aliphatic heterocycles. The van der Waals surface area contributed by atoms with Gasteiger partial charge < -0.3 is 20.7 Å². The Balaban J connectivity index is 1.43. The summed E-state index contributed by atoms with van der Waals surface area (Å²) in [5.41, 5.74) is 0.965. The van der Waals surface area contributed by atoms with Crippen LogP contribution >= 0.6 is 0 Å². The van der Waals surface area contributed by atoms with Gasteiger partial charge in [-0.05, 0) is 55.5 Å². The van der Waals surface area contributed by atoms with E-state index in [4.69, 9.17) is 4.74 Å². The van der Waals surface area contributed by atoms with Crippen LogP contribution in [0.2, 0.25) is 0 Å². The number of carbonyl (C=O) groups is 2. The normalized spacial score (nSPS) is 18.8. The number of rotatable bonds is 6. The Bertz CT molecular complexity index is 787. The van der Waals surface area contributed by atoms with Crippen LogP contribution in [0.25, 0.3) is 0 Å². The van der Waals surface area contributed by atoms with Crippen LogP contribution in [0, 0.1) is 5.92 Å². The van der Waals surface area contributed by atoms with Gasteiger partial charge in [0.15, 0.2) is 0 Å². The van der Waals surface area contributed by atoms with E-state index in [9.17, 15) is 9.59 Å². The van der Waals surface area contributed by atoms with Gasteiger partial charge >= 0.3 is 6.03 Å². The minimum atomic E-state index is -0.183. The standard InChI is InChI=1S/C22H27N3O3/c1-23-21(26)17-10-12-18(13-11-17)25-22(27)24-15-16-6-5-9-20(14-16)28-19-7-3-2-4-8-19/h2-9,14,17-18H,10-13,15H2,1H3,(H,23,26)(H2,24,25,27). The molecule has 0 radical (unpaired) electrons. The zero-order chi connectivity index (χ0) is 19.8. The van der Waals surface area contributed by atoms with Gasteiger partial charge in [-0.2, -0.15) is 0 Å². The topological polar surface area (TPSA) is 79.5 Å². The van der Waals surface area contributed by atoms with Crippen molar-refractivity contribution >= 4 is 11.9 Å². The first-order chi connectivity index (χ1) is 13.6. The van der Waals surface area contributed by atoms with E-state index in [-0.39, 0.29) is 23.9 Å². The van der Waals surface area contributed by atoms with Crippen molar-refractivity contribution in [2.45, 2.75) is 38.3 Å². The predicted molar refractivity (Wildman–Crippen MR) is 108 cm³/mol. The van der Waals surface area contributed by atoms with E-state index in [1.807, 2.05) is 54.6 Å². The van der Waals surface area contributed by atoms with Crippen molar-refractivity contribution < 1.29 is 14.3 Å². The fourth-order valence-electron chi connectivity index (χ4n) is 3.47. The lowest BCUT2D eigenvalue weighted by atomic mass is 9.85. The third-order valence-electron chi connectivity index (χ3n) is 5.01. The van der Waals surface area contributed by atoms with Gasteiger partial charge in [0.25, 0.3) is 0 Å². The fourth-order valence-corrected chi connectivity index (χ4v) is 3.47. The molecular weight excluding hydrogens is 354 g/mol. The van der Waals surface area contributed by atoms with Crippen LogP contribution in [0.3, 0.4) is 0 Å². The lowest BCUT2D eigenvalue weighted by Crippen LogP contribution is -2.44. The van der Waals surface area contributed by atoms with E-state index in [1.165, 1.54) is 0 Å². The summed E-state index contributed by atoms with van der Waals surface area (Å²) >= 11 is 0. The smallest absolute Gasteiger partial charge is 0.315 e. The first-order valence-corrected chi connectivity index (χ1v) is 9.72. The Labute approximate surface area is 165 Å². The summed E-state index contributed by atoms with van der Waals surface area (Å²) in [6, 6.07) is 17.2. The summed E-state index contributed by atoms with van der Waals surface area (Å²) in [6.07, 6.45) is 3.27. The monoisotopic (exact) mass is 381 g/mol. The van der Waals surface area contributed by atoms with Crippen molar-refractivity contribution in [3.63, 3.8) is 0 Å². The van der Waals surface area contributed by atoms with E-state index < -0.39 is 0 Å². The molecule has 1 aliphatic carbocycles. The zero-order valence-electron chi connectivity index (χ0n) is 16.1. The molecule has 3 rings (SSSR count). The number of urea groups is 1. The molecule has 0 spiro atoms. The summed E-state index contributed by atoms with van der Waals surface area (Å²) in [5.74, 6) is 1.68. The highest BCUT2D eigenvalue weighted by Crippen LogP contribution is 2.24. The minimum absolute atomic E-state index is 0.0680. The Morgan fingerprint density at radius 1 is 0.964 bits per heavy atom. The molecule has 0 atom stereocenters. The quantitative estimate of drug-likeness (QED) is 0.715. The average molecular weight is 381 g/mol. The van der Waals surface area contributed by atoms with Crippen LogP contribution in [0.5, 0.6) is 11.5 Å². The van der Waals surface area contributed by atoms with E-state index >= 15 is 0 Å². The van der Waals surface area contributed by atoms with Gasteiger partial charge in [-0.1, -0.05) is 30.3 Å². The van der Waals surface area contributed by atoms with Crippen molar-refractivity contribution in [1.29, 1.82) is 0 Å². The number of benzene rings is 2. The van der Waals surface area contributed by atoms with Crippen molar-refractivity contribution in [3.8, 4) is 11.5 Å². The maximum absolute atomic E-state index is 12.2. The second-order valence-corrected chi connectivity index (χ2v) is 7.05. The van der Waals surface area contributed by atoms with Crippen LogP contribution in [-0.4, -0.2) is 25.0 Å². The van der Waals surface area contributed by atoms with Crippen LogP contribution in [0.1, 0.15) is 31.2 Å². The molecule has 0 bridgehead atoms. The first kappa shape index (κ1) is 19.7. The predicted octanol–water partition coefficient (Wildman–Crippen LogP) is 3.58.